The molecule has 4 aromatic rings. The van der Waals surface area contributed by atoms with Crippen LogP contribution in [-0.2, 0) is 6.54 Å². The number of hydrogen-bond donors (Lipinski definition) is 1. The van der Waals surface area contributed by atoms with Crippen LogP contribution in [0.25, 0.3) is 21.9 Å². The van der Waals surface area contributed by atoms with E-state index in [-0.39, 0.29) is 5.63 Å². The van der Waals surface area contributed by atoms with Crippen LogP contribution in [0.1, 0.15) is 5.56 Å². The number of nitrogens with one attached hydrogen (secondary N) is 1. The van der Waals surface area contributed by atoms with Crippen LogP contribution in [0.2, 0.25) is 0 Å². The summed E-state index contributed by atoms with van der Waals surface area (Å²) in [6, 6.07) is 19.0. The number of furan rings is 1. The van der Waals surface area contributed by atoms with Crippen LogP contribution in [0.15, 0.2) is 74.3 Å². The molecule has 0 unspecified atom stereocenters. The van der Waals surface area contributed by atoms with Crippen molar-refractivity contribution >= 4 is 27.8 Å². The lowest BCUT2D eigenvalue weighted by Crippen LogP contribution is -1.98. The monoisotopic (exact) mass is 291 g/mol. The van der Waals surface area contributed by atoms with Gasteiger partial charge in [-0.2, -0.15) is 0 Å². The van der Waals surface area contributed by atoms with Gasteiger partial charge in [-0.15, -0.1) is 0 Å². The second-order valence-corrected chi connectivity index (χ2v) is 5.08. The van der Waals surface area contributed by atoms with Gasteiger partial charge in [0.2, 0.25) is 0 Å². The Morgan fingerprint density at radius 3 is 2.50 bits per heavy atom. The van der Waals surface area contributed by atoms with E-state index in [0.29, 0.717) is 29.0 Å². The van der Waals surface area contributed by atoms with Crippen molar-refractivity contribution < 1.29 is 8.83 Å². The summed E-state index contributed by atoms with van der Waals surface area (Å²) in [5, 5.41) is 4.44. The fraction of sp³-hybridized carbons (Fsp3) is 0.0556. The molecule has 0 aliphatic heterocycles. The molecule has 0 saturated carbocycles. The van der Waals surface area contributed by atoms with Crippen molar-refractivity contribution in [3.05, 3.63) is 76.6 Å². The highest BCUT2D eigenvalue weighted by molar-refractivity contribution is 6.01. The van der Waals surface area contributed by atoms with E-state index in [1.807, 2.05) is 48.5 Å². The zero-order chi connectivity index (χ0) is 14.9. The Labute approximate surface area is 126 Å². The van der Waals surface area contributed by atoms with Crippen LogP contribution in [0.4, 0.5) is 5.88 Å². The molecule has 22 heavy (non-hydrogen) atoms. The van der Waals surface area contributed by atoms with Crippen molar-refractivity contribution in [2.24, 2.45) is 0 Å². The fourth-order valence-electron chi connectivity index (χ4n) is 2.51. The lowest BCUT2D eigenvalue weighted by Gasteiger charge is -2.02. The van der Waals surface area contributed by atoms with Crippen molar-refractivity contribution in [1.29, 1.82) is 0 Å². The van der Waals surface area contributed by atoms with Gasteiger partial charge in [-0.1, -0.05) is 42.5 Å². The zero-order valence-corrected chi connectivity index (χ0v) is 11.7. The molecule has 0 saturated heterocycles. The predicted molar refractivity (Wildman–Crippen MR) is 86.0 cm³/mol. The summed E-state index contributed by atoms with van der Waals surface area (Å²) in [5.41, 5.74) is 1.84. The second kappa shape index (κ2) is 5.07. The van der Waals surface area contributed by atoms with Crippen molar-refractivity contribution in [3.8, 4) is 0 Å². The number of hydrogen-bond acceptors (Lipinski definition) is 4. The zero-order valence-electron chi connectivity index (χ0n) is 11.7. The van der Waals surface area contributed by atoms with Crippen molar-refractivity contribution in [2.45, 2.75) is 6.54 Å². The Morgan fingerprint density at radius 2 is 1.64 bits per heavy atom. The maximum absolute atomic E-state index is 12.0. The van der Waals surface area contributed by atoms with E-state index in [1.165, 1.54) is 0 Å². The van der Waals surface area contributed by atoms with Gasteiger partial charge in [-0.25, -0.2) is 4.79 Å². The summed E-state index contributed by atoms with van der Waals surface area (Å²) in [5.74, 6) is 0.558. The summed E-state index contributed by atoms with van der Waals surface area (Å²) in [6.07, 6.45) is 0. The first kappa shape index (κ1) is 12.7. The highest BCUT2D eigenvalue weighted by atomic mass is 16.4. The Bertz CT molecular complexity index is 999. The Balaban J connectivity index is 1.75. The van der Waals surface area contributed by atoms with Crippen molar-refractivity contribution in [3.63, 3.8) is 0 Å². The third-order valence-corrected chi connectivity index (χ3v) is 3.60. The topological polar surface area (TPSA) is 55.4 Å². The molecule has 0 fully saturated rings. The molecule has 0 aliphatic carbocycles. The maximum atomic E-state index is 12.0. The number of rotatable bonds is 3. The van der Waals surface area contributed by atoms with Crippen molar-refractivity contribution in [2.75, 3.05) is 5.32 Å². The van der Waals surface area contributed by atoms with Gasteiger partial charge in [0.05, 0.1) is 5.39 Å². The van der Waals surface area contributed by atoms with E-state index in [4.69, 9.17) is 8.83 Å². The SMILES string of the molecule is O=c1oc2ccccc2c2oc(NCc3ccccc3)cc12. The van der Waals surface area contributed by atoms with Gasteiger partial charge in [0, 0.05) is 12.6 Å². The van der Waals surface area contributed by atoms with Gasteiger partial charge in [-0.05, 0) is 17.7 Å². The minimum Gasteiger partial charge on any atom is -0.440 e. The number of benzene rings is 2. The summed E-state index contributed by atoms with van der Waals surface area (Å²) in [7, 11) is 0. The van der Waals surface area contributed by atoms with Crippen LogP contribution in [0.5, 0.6) is 0 Å². The molecule has 0 bridgehead atoms. The van der Waals surface area contributed by atoms with E-state index in [0.717, 1.165) is 10.9 Å². The first-order valence-electron chi connectivity index (χ1n) is 7.04. The predicted octanol–water partition coefficient (Wildman–Crippen LogP) is 4.15. The average Bonchev–Trinajstić information content (AvgIpc) is 2.99. The number of para-hydroxylation sites is 1. The van der Waals surface area contributed by atoms with Gasteiger partial charge in [0.15, 0.2) is 11.5 Å². The van der Waals surface area contributed by atoms with Gasteiger partial charge in [0.1, 0.15) is 11.0 Å². The third kappa shape index (κ3) is 2.15. The molecule has 0 radical (unpaired) electrons. The first-order valence-corrected chi connectivity index (χ1v) is 7.04. The molecule has 4 rings (SSSR count). The molecule has 0 aliphatic rings. The summed E-state index contributed by atoms with van der Waals surface area (Å²) >= 11 is 0. The molecule has 0 atom stereocenters. The molecular weight excluding hydrogens is 278 g/mol. The van der Waals surface area contributed by atoms with Crippen LogP contribution in [-0.4, -0.2) is 0 Å². The second-order valence-electron chi connectivity index (χ2n) is 5.08. The lowest BCUT2D eigenvalue weighted by molar-refractivity contribution is 0.565. The fourth-order valence-corrected chi connectivity index (χ4v) is 2.51. The maximum Gasteiger partial charge on any atom is 0.347 e. The van der Waals surface area contributed by atoms with E-state index in [9.17, 15) is 4.79 Å². The summed E-state index contributed by atoms with van der Waals surface area (Å²) in [6.45, 7) is 0.629. The van der Waals surface area contributed by atoms with E-state index in [1.54, 1.807) is 12.1 Å². The van der Waals surface area contributed by atoms with E-state index < -0.39 is 0 Å². The third-order valence-electron chi connectivity index (χ3n) is 3.60. The summed E-state index contributed by atoms with van der Waals surface area (Å²) in [4.78, 5) is 12.0. The van der Waals surface area contributed by atoms with Gasteiger partial charge in [-0.3, -0.25) is 0 Å². The molecule has 4 nitrogen and oxygen atoms in total. The first-order chi connectivity index (χ1) is 10.8. The molecule has 4 heteroatoms. The van der Waals surface area contributed by atoms with Crippen LogP contribution < -0.4 is 10.9 Å². The minimum absolute atomic E-state index is 0.384. The van der Waals surface area contributed by atoms with Gasteiger partial charge >= 0.3 is 5.63 Å². The molecule has 0 spiro atoms. The van der Waals surface area contributed by atoms with Crippen LogP contribution in [0.3, 0.4) is 0 Å². The average molecular weight is 291 g/mol. The molecule has 2 aromatic carbocycles. The largest absolute Gasteiger partial charge is 0.440 e. The van der Waals surface area contributed by atoms with Crippen molar-refractivity contribution in [1.82, 2.24) is 0 Å². The van der Waals surface area contributed by atoms with Gasteiger partial charge in [0.25, 0.3) is 0 Å². The Morgan fingerprint density at radius 1 is 0.864 bits per heavy atom. The molecule has 0 amide bonds. The highest BCUT2D eigenvalue weighted by Crippen LogP contribution is 2.28. The Kier molecular flexibility index (Phi) is 2.93. The van der Waals surface area contributed by atoms with E-state index in [2.05, 4.69) is 5.32 Å². The molecule has 2 aromatic heterocycles. The quantitative estimate of drug-likeness (QED) is 0.576. The summed E-state index contributed by atoms with van der Waals surface area (Å²) < 4.78 is 11.1. The van der Waals surface area contributed by atoms with Crippen LogP contribution in [0, 0.1) is 0 Å². The van der Waals surface area contributed by atoms with Crippen LogP contribution >= 0.6 is 0 Å². The van der Waals surface area contributed by atoms with Gasteiger partial charge < -0.3 is 14.2 Å². The normalized spacial score (nSPS) is 11.1. The molecular formula is C18H13NO3. The van der Waals surface area contributed by atoms with E-state index >= 15 is 0 Å². The standard InChI is InChI=1S/C18H13NO3/c20-18-14-10-16(19-11-12-6-2-1-3-7-12)22-17(14)13-8-4-5-9-15(13)21-18/h1-10,19H,11H2. The number of fused-ring (bicyclic) bond motifs is 3. The smallest absolute Gasteiger partial charge is 0.347 e. The highest BCUT2D eigenvalue weighted by Gasteiger charge is 2.12. The lowest BCUT2D eigenvalue weighted by atomic mass is 10.2. The minimum atomic E-state index is -0.384. The molecule has 108 valence electrons. The Hall–Kier alpha value is -3.01. The molecule has 1 N–H and O–H groups in total. The number of anilines is 1. The molecule has 2 heterocycles.